The van der Waals surface area contributed by atoms with Gasteiger partial charge in [-0.05, 0) is 36.4 Å². The second-order valence-electron chi connectivity index (χ2n) is 6.74. The van der Waals surface area contributed by atoms with Crippen LogP contribution in [0.1, 0.15) is 5.76 Å². The molecule has 0 fully saturated rings. The van der Waals surface area contributed by atoms with Crippen LogP contribution >= 0.6 is 0 Å². The Kier molecular flexibility index (Phi) is 5.27. The Hall–Kier alpha value is -3.61. The van der Waals surface area contributed by atoms with Gasteiger partial charge < -0.3 is 28.1 Å². The molecule has 2 aromatic rings. The lowest BCUT2D eigenvalue weighted by Crippen LogP contribution is -2.31. The molecule has 1 aliphatic heterocycles. The van der Waals surface area contributed by atoms with Crippen LogP contribution in [0.25, 0.3) is 16.9 Å². The van der Waals surface area contributed by atoms with Gasteiger partial charge in [0.25, 0.3) is 0 Å². The van der Waals surface area contributed by atoms with E-state index in [2.05, 4.69) is 0 Å². The Labute approximate surface area is 174 Å². The van der Waals surface area contributed by atoms with Gasteiger partial charge >= 0.3 is 5.97 Å². The highest BCUT2D eigenvalue weighted by molar-refractivity contribution is 5.94. The Morgan fingerprint density at radius 2 is 1.60 bits per heavy atom. The lowest BCUT2D eigenvalue weighted by atomic mass is 9.86. The molecule has 1 aromatic heterocycles. The van der Waals surface area contributed by atoms with E-state index in [0.29, 0.717) is 34.5 Å². The molecule has 1 aliphatic carbocycles. The van der Waals surface area contributed by atoms with Crippen molar-refractivity contribution < 1.29 is 32.9 Å². The number of carbonyl (C=O) groups excluding carboxylic acids is 1. The first-order valence-electron chi connectivity index (χ1n) is 9.34. The molecule has 0 saturated heterocycles. The largest absolute Gasteiger partial charge is 0.497 e. The number of ether oxygens (including phenoxy) is 5. The highest BCUT2D eigenvalue weighted by Crippen LogP contribution is 2.43. The minimum atomic E-state index is -0.438. The summed E-state index contributed by atoms with van der Waals surface area (Å²) in [6, 6.07) is 7.30. The summed E-state index contributed by atoms with van der Waals surface area (Å²) in [6.07, 6.45) is 6.63. The quantitative estimate of drug-likeness (QED) is 0.666. The normalized spacial score (nSPS) is 19.9. The molecule has 2 aliphatic rings. The van der Waals surface area contributed by atoms with Crippen LogP contribution in [-0.2, 0) is 14.3 Å². The van der Waals surface area contributed by atoms with E-state index >= 15 is 0 Å². The number of methoxy groups -OCH3 is 4. The van der Waals surface area contributed by atoms with Crippen molar-refractivity contribution in [2.24, 2.45) is 5.92 Å². The van der Waals surface area contributed by atoms with Crippen LogP contribution in [-0.4, -0.2) is 40.5 Å². The van der Waals surface area contributed by atoms with Crippen LogP contribution in [0.2, 0.25) is 0 Å². The van der Waals surface area contributed by atoms with Crippen molar-refractivity contribution >= 4 is 11.5 Å². The molecule has 0 bridgehead atoms. The van der Waals surface area contributed by atoms with Gasteiger partial charge in [-0.15, -0.1) is 0 Å². The molecule has 2 heterocycles. The van der Waals surface area contributed by atoms with E-state index in [1.54, 1.807) is 34.5 Å². The summed E-state index contributed by atoms with van der Waals surface area (Å²) >= 11 is 0. The molecular weight excluding hydrogens is 388 g/mol. The summed E-state index contributed by atoms with van der Waals surface area (Å²) in [7, 11) is 6.25. The zero-order valence-electron chi connectivity index (χ0n) is 17.1. The SMILES string of the molecule is COC1=CC2OC(=O)C=C(c3ccc(-c4cc(OC)c(OC)c(OC)c4)o3)C2C=C1. The summed E-state index contributed by atoms with van der Waals surface area (Å²) in [6.45, 7) is 0. The molecule has 0 spiro atoms. The average molecular weight is 410 g/mol. The van der Waals surface area contributed by atoms with Crippen molar-refractivity contribution in [3.63, 3.8) is 0 Å². The molecule has 0 amide bonds. The number of allylic oxidation sites excluding steroid dienone is 1. The number of benzene rings is 1. The van der Waals surface area contributed by atoms with E-state index in [-0.39, 0.29) is 5.92 Å². The van der Waals surface area contributed by atoms with Crippen molar-refractivity contribution in [1.82, 2.24) is 0 Å². The maximum Gasteiger partial charge on any atom is 0.331 e. The number of esters is 1. The lowest BCUT2D eigenvalue weighted by molar-refractivity contribution is -0.142. The maximum absolute atomic E-state index is 12.1. The minimum absolute atomic E-state index is 0.152. The highest BCUT2D eigenvalue weighted by Gasteiger charge is 2.34. The Bertz CT molecular complexity index is 1030. The first-order valence-corrected chi connectivity index (χ1v) is 9.34. The second-order valence-corrected chi connectivity index (χ2v) is 6.74. The number of hydrogen-bond donors (Lipinski definition) is 0. The van der Waals surface area contributed by atoms with E-state index in [4.69, 9.17) is 28.1 Å². The molecule has 156 valence electrons. The smallest absolute Gasteiger partial charge is 0.331 e. The van der Waals surface area contributed by atoms with Crippen LogP contribution in [0.3, 0.4) is 0 Å². The molecule has 7 nitrogen and oxygen atoms in total. The Morgan fingerprint density at radius 1 is 0.900 bits per heavy atom. The molecule has 2 atom stereocenters. The first-order chi connectivity index (χ1) is 14.6. The molecule has 30 heavy (non-hydrogen) atoms. The first kappa shape index (κ1) is 19.7. The molecular formula is C23H22O7. The fourth-order valence-corrected chi connectivity index (χ4v) is 3.65. The summed E-state index contributed by atoms with van der Waals surface area (Å²) in [5.41, 5.74) is 1.50. The molecule has 2 unspecified atom stereocenters. The fraction of sp³-hybridized carbons (Fsp3) is 0.261. The standard InChI is InChI=1S/C23H22O7/c1-25-14-5-6-15-16(12-22(24)30-19(15)11-14)18-8-7-17(29-18)13-9-20(26-2)23(28-4)21(10-13)27-3/h5-12,15,19H,1-4H3. The van der Waals surface area contributed by atoms with Crippen molar-refractivity contribution in [2.45, 2.75) is 6.10 Å². The third-order valence-corrected chi connectivity index (χ3v) is 5.11. The maximum atomic E-state index is 12.1. The lowest BCUT2D eigenvalue weighted by Gasteiger charge is -2.29. The fourth-order valence-electron chi connectivity index (χ4n) is 3.65. The molecule has 0 saturated carbocycles. The topological polar surface area (TPSA) is 76.4 Å². The summed E-state index contributed by atoms with van der Waals surface area (Å²) in [5, 5.41) is 0. The summed E-state index contributed by atoms with van der Waals surface area (Å²) < 4.78 is 33.0. The Morgan fingerprint density at radius 3 is 2.23 bits per heavy atom. The molecule has 1 aromatic carbocycles. The van der Waals surface area contributed by atoms with E-state index in [1.165, 1.54) is 6.08 Å². The molecule has 4 rings (SSSR count). The second kappa shape index (κ2) is 8.02. The van der Waals surface area contributed by atoms with Crippen molar-refractivity contribution in [2.75, 3.05) is 28.4 Å². The van der Waals surface area contributed by atoms with Gasteiger partial charge in [0.2, 0.25) is 5.75 Å². The van der Waals surface area contributed by atoms with Gasteiger partial charge in [-0.1, -0.05) is 6.08 Å². The zero-order chi connectivity index (χ0) is 21.3. The average Bonchev–Trinajstić information content (AvgIpc) is 3.27. The van der Waals surface area contributed by atoms with Gasteiger partial charge in [0.05, 0.1) is 28.4 Å². The number of fused-ring (bicyclic) bond motifs is 1. The van der Waals surface area contributed by atoms with Gasteiger partial charge in [0.15, 0.2) is 11.5 Å². The van der Waals surface area contributed by atoms with Crippen LogP contribution in [0, 0.1) is 5.92 Å². The molecule has 0 N–H and O–H groups in total. The van der Waals surface area contributed by atoms with Crippen molar-refractivity contribution in [1.29, 1.82) is 0 Å². The third kappa shape index (κ3) is 3.43. The van der Waals surface area contributed by atoms with Gasteiger partial charge in [-0.25, -0.2) is 4.79 Å². The van der Waals surface area contributed by atoms with Gasteiger partial charge in [-0.3, -0.25) is 0 Å². The van der Waals surface area contributed by atoms with Crippen molar-refractivity contribution in [3.05, 3.63) is 60.1 Å². The zero-order valence-corrected chi connectivity index (χ0v) is 17.1. The van der Waals surface area contributed by atoms with Crippen LogP contribution in [0.15, 0.2) is 58.7 Å². The number of hydrogen-bond acceptors (Lipinski definition) is 7. The highest BCUT2D eigenvalue weighted by atomic mass is 16.5. The van der Waals surface area contributed by atoms with Gasteiger partial charge in [0, 0.05) is 23.1 Å². The molecule has 0 radical (unpaired) electrons. The summed E-state index contributed by atoms with van der Waals surface area (Å²) in [5.74, 6) is 2.83. The number of carbonyl (C=O) groups is 1. The van der Waals surface area contributed by atoms with E-state index < -0.39 is 12.1 Å². The third-order valence-electron chi connectivity index (χ3n) is 5.11. The number of furan rings is 1. The van der Waals surface area contributed by atoms with Crippen LogP contribution in [0.4, 0.5) is 0 Å². The predicted octanol–water partition coefficient (Wildman–Crippen LogP) is 4.00. The van der Waals surface area contributed by atoms with E-state index in [0.717, 1.165) is 11.1 Å². The monoisotopic (exact) mass is 410 g/mol. The van der Waals surface area contributed by atoms with Crippen molar-refractivity contribution in [3.8, 4) is 28.6 Å². The van der Waals surface area contributed by atoms with E-state index in [9.17, 15) is 4.79 Å². The number of rotatable bonds is 6. The van der Waals surface area contributed by atoms with Crippen LogP contribution < -0.4 is 14.2 Å². The predicted molar refractivity (Wildman–Crippen MR) is 109 cm³/mol. The Balaban J connectivity index is 1.70. The minimum Gasteiger partial charge on any atom is -0.497 e. The molecule has 7 heteroatoms. The van der Waals surface area contributed by atoms with Gasteiger partial charge in [-0.2, -0.15) is 0 Å². The van der Waals surface area contributed by atoms with Gasteiger partial charge in [0.1, 0.15) is 23.4 Å². The van der Waals surface area contributed by atoms with Crippen LogP contribution in [0.5, 0.6) is 17.2 Å². The van der Waals surface area contributed by atoms with E-state index in [1.807, 2.05) is 36.4 Å². The summed E-state index contributed by atoms with van der Waals surface area (Å²) in [4.78, 5) is 12.1.